The molecule has 6 nitrogen and oxygen atoms in total. The van der Waals surface area contributed by atoms with Crippen LogP contribution in [-0.2, 0) is 6.54 Å². The zero-order chi connectivity index (χ0) is 17.5. The van der Waals surface area contributed by atoms with Crippen molar-refractivity contribution in [3.05, 3.63) is 53.6 Å². The number of hydrogen-bond acceptors (Lipinski definition) is 4. The average molecular weight is 346 g/mol. The molecule has 0 amide bonds. The van der Waals surface area contributed by atoms with Crippen LogP contribution in [0.15, 0.2) is 42.5 Å². The lowest BCUT2D eigenvalue weighted by Crippen LogP contribution is -2.28. The SMILES string of the molecule is COc1ccc(OC)c(NC(=S)NCc2ccc(C(=O)O)cc2)c1. The third-order valence-electron chi connectivity index (χ3n) is 3.31. The minimum Gasteiger partial charge on any atom is -0.497 e. The molecule has 0 saturated heterocycles. The molecule has 0 aliphatic heterocycles. The third-order valence-corrected chi connectivity index (χ3v) is 3.56. The molecule has 0 heterocycles. The van der Waals surface area contributed by atoms with Crippen LogP contribution in [0.3, 0.4) is 0 Å². The van der Waals surface area contributed by atoms with Gasteiger partial charge in [0.2, 0.25) is 0 Å². The van der Waals surface area contributed by atoms with E-state index in [1.165, 1.54) is 0 Å². The number of hydrogen-bond donors (Lipinski definition) is 3. The molecule has 2 rings (SSSR count). The monoisotopic (exact) mass is 346 g/mol. The van der Waals surface area contributed by atoms with Gasteiger partial charge in [-0.1, -0.05) is 12.1 Å². The Bertz CT molecular complexity index is 732. The van der Waals surface area contributed by atoms with Gasteiger partial charge in [0.25, 0.3) is 0 Å². The lowest BCUT2D eigenvalue weighted by atomic mass is 10.1. The van der Waals surface area contributed by atoms with Gasteiger partial charge >= 0.3 is 5.97 Å². The zero-order valence-electron chi connectivity index (χ0n) is 13.3. The molecule has 0 bridgehead atoms. The number of ether oxygens (including phenoxy) is 2. The van der Waals surface area contributed by atoms with E-state index < -0.39 is 5.97 Å². The highest BCUT2D eigenvalue weighted by atomic mass is 32.1. The van der Waals surface area contributed by atoms with Crippen LogP contribution in [0.1, 0.15) is 15.9 Å². The highest BCUT2D eigenvalue weighted by Crippen LogP contribution is 2.28. The summed E-state index contributed by atoms with van der Waals surface area (Å²) in [4.78, 5) is 10.8. The van der Waals surface area contributed by atoms with E-state index in [1.54, 1.807) is 56.7 Å². The summed E-state index contributed by atoms with van der Waals surface area (Å²) < 4.78 is 10.5. The van der Waals surface area contributed by atoms with Gasteiger partial charge in [-0.3, -0.25) is 0 Å². The Balaban J connectivity index is 1.97. The van der Waals surface area contributed by atoms with Gasteiger partial charge in [0.05, 0.1) is 25.5 Å². The molecule has 0 atom stereocenters. The van der Waals surface area contributed by atoms with Crippen LogP contribution < -0.4 is 20.1 Å². The van der Waals surface area contributed by atoms with Crippen molar-refractivity contribution in [1.29, 1.82) is 0 Å². The number of anilines is 1. The second kappa shape index (κ2) is 8.16. The van der Waals surface area contributed by atoms with Gasteiger partial charge < -0.3 is 25.2 Å². The minimum absolute atomic E-state index is 0.251. The highest BCUT2D eigenvalue weighted by Gasteiger charge is 2.07. The zero-order valence-corrected chi connectivity index (χ0v) is 14.1. The maximum atomic E-state index is 10.8. The van der Waals surface area contributed by atoms with Crippen LogP contribution in [-0.4, -0.2) is 30.4 Å². The van der Waals surface area contributed by atoms with Gasteiger partial charge in [0.15, 0.2) is 5.11 Å². The molecule has 2 aromatic carbocycles. The number of carbonyl (C=O) groups is 1. The molecule has 3 N–H and O–H groups in total. The third kappa shape index (κ3) is 4.60. The molecule has 0 aliphatic rings. The molecule has 24 heavy (non-hydrogen) atoms. The Morgan fingerprint density at radius 1 is 1.12 bits per heavy atom. The van der Waals surface area contributed by atoms with E-state index in [1.807, 2.05) is 0 Å². The number of carboxylic acids is 1. The molecule has 0 fully saturated rings. The highest BCUT2D eigenvalue weighted by molar-refractivity contribution is 7.80. The van der Waals surface area contributed by atoms with Gasteiger partial charge in [-0.15, -0.1) is 0 Å². The molecule has 0 radical (unpaired) electrons. The van der Waals surface area contributed by atoms with E-state index in [-0.39, 0.29) is 5.56 Å². The predicted octanol–water partition coefficient (Wildman–Crippen LogP) is 2.89. The summed E-state index contributed by atoms with van der Waals surface area (Å²) in [6.45, 7) is 0.470. The first-order valence-electron chi connectivity index (χ1n) is 7.12. The van der Waals surface area contributed by atoms with Gasteiger partial charge in [-0.25, -0.2) is 4.79 Å². The van der Waals surface area contributed by atoms with E-state index in [0.717, 1.165) is 5.56 Å². The summed E-state index contributed by atoms with van der Waals surface area (Å²) in [5.74, 6) is 0.382. The molecule has 0 aliphatic carbocycles. The average Bonchev–Trinajstić information content (AvgIpc) is 2.60. The fourth-order valence-corrected chi connectivity index (χ4v) is 2.21. The summed E-state index contributed by atoms with van der Waals surface area (Å²) in [6.07, 6.45) is 0. The maximum Gasteiger partial charge on any atom is 0.335 e. The molecular formula is C17H18N2O4S. The Labute approximate surface area is 145 Å². The van der Waals surface area contributed by atoms with E-state index in [9.17, 15) is 4.79 Å². The van der Waals surface area contributed by atoms with Gasteiger partial charge in [0.1, 0.15) is 11.5 Å². The molecule has 0 aromatic heterocycles. The summed E-state index contributed by atoms with van der Waals surface area (Å²) in [7, 11) is 3.16. The quantitative estimate of drug-likeness (QED) is 0.694. The van der Waals surface area contributed by atoms with Crippen LogP contribution in [0.4, 0.5) is 5.69 Å². The summed E-state index contributed by atoms with van der Waals surface area (Å²) in [5.41, 5.74) is 1.86. The first-order valence-corrected chi connectivity index (χ1v) is 7.53. The molecule has 0 unspecified atom stereocenters. The van der Waals surface area contributed by atoms with Gasteiger partial charge in [0, 0.05) is 12.6 Å². The summed E-state index contributed by atoms with van der Waals surface area (Å²) in [6, 6.07) is 12.0. The number of benzene rings is 2. The minimum atomic E-state index is -0.947. The van der Waals surface area contributed by atoms with E-state index in [4.69, 9.17) is 26.8 Å². The molecule has 126 valence electrons. The number of aromatic carboxylic acids is 1. The fraction of sp³-hybridized carbons (Fsp3) is 0.176. The van der Waals surface area contributed by atoms with Crippen LogP contribution in [0, 0.1) is 0 Å². The Morgan fingerprint density at radius 3 is 2.42 bits per heavy atom. The Kier molecular flexibility index (Phi) is 5.97. The Hall–Kier alpha value is -2.80. The second-order valence-corrected chi connectivity index (χ2v) is 5.28. The molecular weight excluding hydrogens is 328 g/mol. The maximum absolute atomic E-state index is 10.8. The largest absolute Gasteiger partial charge is 0.497 e. The molecule has 2 aromatic rings. The van der Waals surface area contributed by atoms with Crippen molar-refractivity contribution < 1.29 is 19.4 Å². The second-order valence-electron chi connectivity index (χ2n) is 4.88. The topological polar surface area (TPSA) is 79.8 Å². The van der Waals surface area contributed by atoms with Crippen molar-refractivity contribution in [3.8, 4) is 11.5 Å². The van der Waals surface area contributed by atoms with Crippen LogP contribution >= 0.6 is 12.2 Å². The standard InChI is InChI=1S/C17H18N2O4S/c1-22-13-7-8-15(23-2)14(9-13)19-17(24)18-10-11-3-5-12(6-4-11)16(20)21/h3-9H,10H2,1-2H3,(H,20,21)(H2,18,19,24). The Morgan fingerprint density at radius 2 is 1.83 bits per heavy atom. The lowest BCUT2D eigenvalue weighted by molar-refractivity contribution is 0.0697. The van der Waals surface area contributed by atoms with Crippen molar-refractivity contribution >= 4 is 29.0 Å². The normalized spacial score (nSPS) is 9.92. The molecule has 0 spiro atoms. The number of rotatable bonds is 6. The van der Waals surface area contributed by atoms with Crippen molar-refractivity contribution in [1.82, 2.24) is 5.32 Å². The van der Waals surface area contributed by atoms with Crippen molar-refractivity contribution in [3.63, 3.8) is 0 Å². The number of nitrogens with one attached hydrogen (secondary N) is 2. The van der Waals surface area contributed by atoms with E-state index in [0.29, 0.717) is 28.8 Å². The first kappa shape index (κ1) is 17.6. The number of carboxylic acid groups (broad SMARTS) is 1. The van der Waals surface area contributed by atoms with E-state index >= 15 is 0 Å². The molecule has 0 saturated carbocycles. The van der Waals surface area contributed by atoms with Crippen LogP contribution in [0.5, 0.6) is 11.5 Å². The van der Waals surface area contributed by atoms with Crippen LogP contribution in [0.25, 0.3) is 0 Å². The fourth-order valence-electron chi connectivity index (χ4n) is 2.03. The summed E-state index contributed by atoms with van der Waals surface area (Å²) >= 11 is 5.28. The van der Waals surface area contributed by atoms with Crippen molar-refractivity contribution in [2.24, 2.45) is 0 Å². The van der Waals surface area contributed by atoms with Gasteiger partial charge in [-0.2, -0.15) is 0 Å². The molecule has 7 heteroatoms. The number of thiocarbonyl (C=S) groups is 1. The first-order chi connectivity index (χ1) is 11.5. The van der Waals surface area contributed by atoms with Crippen molar-refractivity contribution in [2.75, 3.05) is 19.5 Å². The van der Waals surface area contributed by atoms with Gasteiger partial charge in [-0.05, 0) is 42.0 Å². The van der Waals surface area contributed by atoms with Crippen molar-refractivity contribution in [2.45, 2.75) is 6.54 Å². The summed E-state index contributed by atoms with van der Waals surface area (Å²) in [5, 5.41) is 15.4. The van der Waals surface area contributed by atoms with E-state index in [2.05, 4.69) is 10.6 Å². The number of methoxy groups -OCH3 is 2. The smallest absolute Gasteiger partial charge is 0.335 e. The lowest BCUT2D eigenvalue weighted by Gasteiger charge is -2.14. The predicted molar refractivity (Wildman–Crippen MR) is 96.0 cm³/mol. The van der Waals surface area contributed by atoms with Crippen LogP contribution in [0.2, 0.25) is 0 Å².